The number of fused-ring (bicyclic) bond motifs is 1. The van der Waals surface area contributed by atoms with Crippen molar-refractivity contribution in [2.45, 2.75) is 70.9 Å². The molecule has 2 aromatic heterocycles. The van der Waals surface area contributed by atoms with Gasteiger partial charge in [-0.3, -0.25) is 9.59 Å². The van der Waals surface area contributed by atoms with Crippen molar-refractivity contribution in [1.29, 1.82) is 0 Å². The number of ether oxygens (including phenoxy) is 1. The van der Waals surface area contributed by atoms with Gasteiger partial charge in [0.15, 0.2) is 0 Å². The Morgan fingerprint density at radius 1 is 1.16 bits per heavy atom. The fraction of sp³-hybridized carbons (Fsp3) is 0.481. The average Bonchev–Trinajstić information content (AvgIpc) is 3.67. The van der Waals surface area contributed by atoms with Crippen molar-refractivity contribution < 1.29 is 22.7 Å². The van der Waals surface area contributed by atoms with Gasteiger partial charge in [0.1, 0.15) is 11.5 Å². The molecule has 1 aliphatic carbocycles. The number of aryl methyl sites for hydroxylation is 1. The minimum Gasteiger partial charge on any atom is -0.377 e. The van der Waals surface area contributed by atoms with Crippen LogP contribution in [0.4, 0.5) is 18.9 Å². The maximum absolute atomic E-state index is 14.1. The molecule has 3 aromatic rings. The molecule has 5 rings (SSSR count). The molecule has 0 unspecified atom stereocenters. The summed E-state index contributed by atoms with van der Waals surface area (Å²) in [5.41, 5.74) is 0.117. The lowest BCUT2D eigenvalue weighted by atomic mass is 9.98. The lowest BCUT2D eigenvalue weighted by Gasteiger charge is -2.35. The standard InChI is InChI=1S/C27H30F3N5O3/c1-13-11-35(12-14(2)38-13)26(37)22-8-7-21(24(34-22)17-5-6-17)31-15(3)18-9-19-23(10-20(18)27(28,29)30)32-16(4)33-25(19)36/h7-10,13-15,17,31H,5-6,11-12H2,1-4H3,(H,32,33,36)/t13-,14+,15-/m0/s1. The number of alkyl halides is 3. The minimum absolute atomic E-state index is 0.00974. The zero-order valence-electron chi connectivity index (χ0n) is 21.6. The Balaban J connectivity index is 1.48. The third-order valence-corrected chi connectivity index (χ3v) is 6.95. The Hall–Kier alpha value is -3.47. The first-order chi connectivity index (χ1) is 17.9. The number of halogens is 3. The molecule has 1 saturated carbocycles. The van der Waals surface area contributed by atoms with E-state index in [9.17, 15) is 22.8 Å². The summed E-state index contributed by atoms with van der Waals surface area (Å²) in [6, 6.07) is 4.69. The number of aromatic amines is 1. The summed E-state index contributed by atoms with van der Waals surface area (Å²) >= 11 is 0. The van der Waals surface area contributed by atoms with E-state index in [1.165, 1.54) is 13.0 Å². The highest BCUT2D eigenvalue weighted by atomic mass is 19.4. The lowest BCUT2D eigenvalue weighted by molar-refractivity contribution is -0.138. The first-order valence-electron chi connectivity index (χ1n) is 12.7. The number of pyridine rings is 1. The van der Waals surface area contributed by atoms with Crippen molar-refractivity contribution in [1.82, 2.24) is 19.9 Å². The second-order valence-electron chi connectivity index (χ2n) is 10.3. The van der Waals surface area contributed by atoms with Crippen molar-refractivity contribution in [2.75, 3.05) is 18.4 Å². The number of benzene rings is 1. The monoisotopic (exact) mass is 529 g/mol. The van der Waals surface area contributed by atoms with Gasteiger partial charge in [0.05, 0.1) is 40.1 Å². The first-order valence-corrected chi connectivity index (χ1v) is 12.7. The molecule has 1 amide bonds. The van der Waals surface area contributed by atoms with Crippen LogP contribution in [-0.4, -0.2) is 51.1 Å². The Morgan fingerprint density at radius 2 is 1.84 bits per heavy atom. The summed E-state index contributed by atoms with van der Waals surface area (Å²) in [5.74, 6) is 0.184. The molecular formula is C27H30F3N5O3. The SMILES string of the molecule is Cc1nc2cc(C(F)(F)F)c([C@H](C)Nc3ccc(C(=O)N4C[C@@H](C)O[C@@H](C)C4)nc3C3CC3)cc2c(=O)[nH]1. The van der Waals surface area contributed by atoms with Crippen molar-refractivity contribution in [3.63, 3.8) is 0 Å². The van der Waals surface area contributed by atoms with Crippen LogP contribution < -0.4 is 10.9 Å². The quantitative estimate of drug-likeness (QED) is 0.486. The number of nitrogens with zero attached hydrogens (tertiary/aromatic N) is 3. The van der Waals surface area contributed by atoms with E-state index in [2.05, 4.69) is 20.3 Å². The van der Waals surface area contributed by atoms with Gasteiger partial charge in [-0.2, -0.15) is 13.2 Å². The van der Waals surface area contributed by atoms with Crippen LogP contribution in [0.1, 0.15) is 78.7 Å². The largest absolute Gasteiger partial charge is 0.416 e. The van der Waals surface area contributed by atoms with E-state index in [1.807, 2.05) is 13.8 Å². The van der Waals surface area contributed by atoms with Gasteiger partial charge >= 0.3 is 6.18 Å². The molecule has 38 heavy (non-hydrogen) atoms. The summed E-state index contributed by atoms with van der Waals surface area (Å²) in [5, 5.41) is 3.26. The molecular weight excluding hydrogens is 499 g/mol. The van der Waals surface area contributed by atoms with Crippen molar-refractivity contribution in [2.24, 2.45) is 0 Å². The van der Waals surface area contributed by atoms with Gasteiger partial charge in [-0.05, 0) is 70.4 Å². The highest BCUT2D eigenvalue weighted by Gasteiger charge is 2.36. The molecule has 3 atom stereocenters. The number of hydrogen-bond donors (Lipinski definition) is 2. The molecule has 2 fully saturated rings. The molecule has 1 aliphatic heterocycles. The number of morpholine rings is 1. The fourth-order valence-corrected chi connectivity index (χ4v) is 5.12. The summed E-state index contributed by atoms with van der Waals surface area (Å²) < 4.78 is 47.9. The molecule has 0 bridgehead atoms. The topological polar surface area (TPSA) is 100 Å². The van der Waals surface area contributed by atoms with Crippen LogP contribution in [0.15, 0.2) is 29.1 Å². The second-order valence-corrected chi connectivity index (χ2v) is 10.3. The summed E-state index contributed by atoms with van der Waals surface area (Å²) in [6.07, 6.45) is -3.02. The van der Waals surface area contributed by atoms with Gasteiger partial charge in [0, 0.05) is 25.0 Å². The van der Waals surface area contributed by atoms with Crippen LogP contribution in [0.3, 0.4) is 0 Å². The van der Waals surface area contributed by atoms with Crippen LogP contribution >= 0.6 is 0 Å². The number of hydrogen-bond acceptors (Lipinski definition) is 6. The van der Waals surface area contributed by atoms with Crippen LogP contribution in [0, 0.1) is 6.92 Å². The predicted octanol–water partition coefficient (Wildman–Crippen LogP) is 4.95. The molecule has 0 spiro atoms. The predicted molar refractivity (Wildman–Crippen MR) is 136 cm³/mol. The average molecular weight is 530 g/mol. The van der Waals surface area contributed by atoms with Crippen molar-refractivity contribution in [3.05, 3.63) is 63.0 Å². The molecule has 3 heterocycles. The van der Waals surface area contributed by atoms with E-state index in [1.54, 1.807) is 24.0 Å². The van der Waals surface area contributed by atoms with Gasteiger partial charge < -0.3 is 19.9 Å². The van der Waals surface area contributed by atoms with Crippen LogP contribution in [0.5, 0.6) is 0 Å². The van der Waals surface area contributed by atoms with Gasteiger partial charge in [0.25, 0.3) is 11.5 Å². The first kappa shape index (κ1) is 26.1. The van der Waals surface area contributed by atoms with E-state index in [4.69, 9.17) is 4.74 Å². The Morgan fingerprint density at radius 3 is 2.47 bits per heavy atom. The number of carbonyl (C=O) groups excluding carboxylic acids is 1. The highest BCUT2D eigenvalue weighted by Crippen LogP contribution is 2.44. The Kier molecular flexibility index (Phi) is 6.66. The molecule has 0 radical (unpaired) electrons. The molecule has 11 heteroatoms. The Labute approximate surface area is 217 Å². The fourth-order valence-electron chi connectivity index (χ4n) is 5.12. The van der Waals surface area contributed by atoms with E-state index < -0.39 is 23.3 Å². The van der Waals surface area contributed by atoms with Crippen LogP contribution in [0.2, 0.25) is 0 Å². The molecule has 1 aromatic carbocycles. The number of anilines is 1. The maximum Gasteiger partial charge on any atom is 0.416 e. The van der Waals surface area contributed by atoms with E-state index in [0.717, 1.165) is 18.9 Å². The summed E-state index contributed by atoms with van der Waals surface area (Å²) in [7, 11) is 0. The zero-order chi connectivity index (χ0) is 27.4. The third-order valence-electron chi connectivity index (χ3n) is 6.95. The van der Waals surface area contributed by atoms with Crippen molar-refractivity contribution >= 4 is 22.5 Å². The maximum atomic E-state index is 14.1. The summed E-state index contributed by atoms with van der Waals surface area (Å²) in [4.78, 5) is 38.7. The number of nitrogens with one attached hydrogen (secondary N) is 2. The zero-order valence-corrected chi connectivity index (χ0v) is 21.6. The number of aromatic nitrogens is 3. The van der Waals surface area contributed by atoms with Gasteiger partial charge in [-0.25, -0.2) is 9.97 Å². The van der Waals surface area contributed by atoms with Gasteiger partial charge in [-0.1, -0.05) is 0 Å². The minimum atomic E-state index is -4.64. The molecule has 2 aliphatic rings. The molecule has 8 nitrogen and oxygen atoms in total. The van der Waals surface area contributed by atoms with Crippen LogP contribution in [0.25, 0.3) is 10.9 Å². The van der Waals surface area contributed by atoms with E-state index >= 15 is 0 Å². The van der Waals surface area contributed by atoms with Crippen molar-refractivity contribution in [3.8, 4) is 0 Å². The lowest BCUT2D eigenvalue weighted by Crippen LogP contribution is -2.48. The Bertz CT molecular complexity index is 1440. The van der Waals surface area contributed by atoms with Gasteiger partial charge in [-0.15, -0.1) is 0 Å². The van der Waals surface area contributed by atoms with Crippen LogP contribution in [-0.2, 0) is 10.9 Å². The van der Waals surface area contributed by atoms with E-state index in [-0.39, 0.29) is 46.3 Å². The normalized spacial score (nSPS) is 21.0. The van der Waals surface area contributed by atoms with Gasteiger partial charge in [0.2, 0.25) is 0 Å². The summed E-state index contributed by atoms with van der Waals surface area (Å²) in [6.45, 7) is 7.90. The second kappa shape index (κ2) is 9.68. The highest BCUT2D eigenvalue weighted by molar-refractivity contribution is 5.93. The molecule has 202 valence electrons. The van der Waals surface area contributed by atoms with E-state index in [0.29, 0.717) is 30.2 Å². The number of rotatable bonds is 5. The third kappa shape index (κ3) is 5.24. The number of carbonyl (C=O) groups is 1. The smallest absolute Gasteiger partial charge is 0.377 e. The molecule has 1 saturated heterocycles. The number of H-pyrrole nitrogens is 1. The number of amides is 1. The molecule has 2 N–H and O–H groups in total.